The van der Waals surface area contributed by atoms with E-state index in [1.165, 1.54) is 34.1 Å². The van der Waals surface area contributed by atoms with Crippen LogP contribution in [0, 0.1) is 12.7 Å². The number of benzene rings is 4. The molecule has 0 spiro atoms. The van der Waals surface area contributed by atoms with Gasteiger partial charge >= 0.3 is 0 Å². The first kappa shape index (κ1) is 39.3. The normalized spacial score (nSPS) is 18.3. The number of rotatable bonds is 13. The SMILES string of the molecule is Cc1ncsc1-c1ccc(CNC(=O)[C@H]2C[C@@H](O)CN2C(=O)[C@@H](NC(=O)C2(F)CC2)C(C)(C)SC(c2ccccc2)(c2ccccc2)c2ccccc2)cc1F. The molecule has 56 heavy (non-hydrogen) atoms. The van der Waals surface area contributed by atoms with E-state index in [1.807, 2.05) is 112 Å². The van der Waals surface area contributed by atoms with E-state index >= 15 is 8.78 Å². The summed E-state index contributed by atoms with van der Waals surface area (Å²) in [7, 11) is 0. The van der Waals surface area contributed by atoms with Crippen molar-refractivity contribution in [1.29, 1.82) is 0 Å². The number of halogens is 2. The van der Waals surface area contributed by atoms with E-state index in [9.17, 15) is 19.5 Å². The van der Waals surface area contributed by atoms with Gasteiger partial charge in [-0.25, -0.2) is 13.8 Å². The molecule has 3 atom stereocenters. The van der Waals surface area contributed by atoms with E-state index in [1.54, 1.807) is 17.6 Å². The second kappa shape index (κ2) is 15.9. The number of amides is 3. The maximum absolute atomic E-state index is 15.4. The maximum atomic E-state index is 15.4. The highest BCUT2D eigenvalue weighted by Gasteiger charge is 2.55. The summed E-state index contributed by atoms with van der Waals surface area (Å²) in [5, 5.41) is 16.5. The largest absolute Gasteiger partial charge is 0.391 e. The molecule has 1 aliphatic heterocycles. The summed E-state index contributed by atoms with van der Waals surface area (Å²) in [4.78, 5) is 48.6. The zero-order chi connectivity index (χ0) is 39.7. The van der Waals surface area contributed by atoms with E-state index < -0.39 is 56.9 Å². The summed E-state index contributed by atoms with van der Waals surface area (Å²) < 4.78 is 28.6. The first-order valence-electron chi connectivity index (χ1n) is 18.6. The van der Waals surface area contributed by atoms with Crippen molar-refractivity contribution in [1.82, 2.24) is 20.5 Å². The van der Waals surface area contributed by atoms with Gasteiger partial charge in [0.1, 0.15) is 17.9 Å². The standard InChI is InChI=1S/C44H44F2N4O4S2/c1-28-37(55-27-48-28)34-20-19-29(23-35(34)45)25-47-39(52)36-24-33(51)26-50(36)40(53)38(49-41(54)43(46)21-22-43)42(2,3)56-44(30-13-7-4-8-14-30,31-15-9-5-10-16-31)32-17-11-6-12-18-32/h4-20,23,27,33,36,38,51H,21-22,24-26H2,1-3H3,(H,47,52)(H,49,54)/t33-,36-,38-/m1/s1. The van der Waals surface area contributed by atoms with Crippen LogP contribution in [0.4, 0.5) is 8.78 Å². The van der Waals surface area contributed by atoms with Crippen LogP contribution >= 0.6 is 23.1 Å². The lowest BCUT2D eigenvalue weighted by Gasteiger charge is -2.45. The van der Waals surface area contributed by atoms with Crippen LogP contribution in [0.1, 0.15) is 61.1 Å². The number of carbonyl (C=O) groups is 3. The smallest absolute Gasteiger partial charge is 0.258 e. The van der Waals surface area contributed by atoms with Gasteiger partial charge in [0.15, 0.2) is 5.67 Å². The Bertz CT molecular complexity index is 2100. The van der Waals surface area contributed by atoms with Crippen molar-refractivity contribution in [3.63, 3.8) is 0 Å². The van der Waals surface area contributed by atoms with Gasteiger partial charge in [0.25, 0.3) is 5.91 Å². The van der Waals surface area contributed by atoms with Gasteiger partial charge in [0, 0.05) is 29.8 Å². The van der Waals surface area contributed by atoms with Gasteiger partial charge in [-0.15, -0.1) is 23.1 Å². The van der Waals surface area contributed by atoms with Crippen molar-refractivity contribution < 1.29 is 28.3 Å². The van der Waals surface area contributed by atoms with Gasteiger partial charge in [0.05, 0.1) is 26.9 Å². The number of aliphatic hydroxyl groups excluding tert-OH is 1. The van der Waals surface area contributed by atoms with Crippen LogP contribution in [0.5, 0.6) is 0 Å². The van der Waals surface area contributed by atoms with Gasteiger partial charge in [-0.05, 0) is 61.9 Å². The van der Waals surface area contributed by atoms with Crippen LogP contribution in [0.25, 0.3) is 10.4 Å². The molecule has 0 unspecified atom stereocenters. The number of nitrogens with zero attached hydrogens (tertiary/aromatic N) is 2. The maximum Gasteiger partial charge on any atom is 0.258 e. The number of carbonyl (C=O) groups excluding carboxylic acids is 3. The molecule has 0 radical (unpaired) electrons. The predicted octanol–water partition coefficient (Wildman–Crippen LogP) is 7.33. The van der Waals surface area contributed by atoms with Crippen molar-refractivity contribution in [2.75, 3.05) is 6.54 Å². The molecule has 2 fully saturated rings. The van der Waals surface area contributed by atoms with Crippen molar-refractivity contribution in [3.8, 4) is 10.4 Å². The molecule has 7 rings (SSSR count). The lowest BCUT2D eigenvalue weighted by molar-refractivity contribution is -0.143. The van der Waals surface area contributed by atoms with Crippen LogP contribution in [0.3, 0.4) is 0 Å². The first-order chi connectivity index (χ1) is 26.8. The number of aryl methyl sites for hydroxylation is 1. The summed E-state index contributed by atoms with van der Waals surface area (Å²) in [5.41, 5.74) is 4.01. The van der Waals surface area contributed by atoms with Gasteiger partial charge in [-0.2, -0.15) is 0 Å². The molecule has 8 nitrogen and oxygen atoms in total. The highest BCUT2D eigenvalue weighted by molar-refractivity contribution is 8.02. The molecular formula is C44H44F2N4O4S2. The number of nitrogens with one attached hydrogen (secondary N) is 2. The molecule has 3 amide bonds. The highest BCUT2D eigenvalue weighted by Crippen LogP contribution is 2.54. The Balaban J connectivity index is 1.20. The fourth-order valence-corrected chi connectivity index (χ4v) is 10.1. The van der Waals surface area contributed by atoms with Crippen LogP contribution in [0.2, 0.25) is 0 Å². The average molecular weight is 795 g/mol. The number of alkyl halides is 1. The Kier molecular flexibility index (Phi) is 11.2. The fraction of sp³-hybridized carbons (Fsp3) is 0.318. The summed E-state index contributed by atoms with van der Waals surface area (Å²) in [6.07, 6.45) is -0.963. The third kappa shape index (κ3) is 7.87. The Morgan fingerprint density at radius 2 is 1.52 bits per heavy atom. The number of thiazole rings is 1. The van der Waals surface area contributed by atoms with Crippen LogP contribution in [-0.2, 0) is 25.7 Å². The molecule has 0 bridgehead atoms. The number of likely N-dealkylation sites (tertiary alicyclic amines) is 1. The highest BCUT2D eigenvalue weighted by atomic mass is 32.2. The van der Waals surface area contributed by atoms with Crippen LogP contribution < -0.4 is 10.6 Å². The average Bonchev–Trinajstić information content (AvgIpc) is 3.62. The minimum Gasteiger partial charge on any atom is -0.391 e. The van der Waals surface area contributed by atoms with Gasteiger partial charge in [0.2, 0.25) is 11.8 Å². The van der Waals surface area contributed by atoms with Crippen molar-refractivity contribution in [3.05, 3.63) is 148 Å². The summed E-state index contributed by atoms with van der Waals surface area (Å²) in [6, 6.07) is 32.0. The van der Waals surface area contributed by atoms with Crippen LogP contribution in [0.15, 0.2) is 115 Å². The number of thioether (sulfide) groups is 1. The molecule has 3 N–H and O–H groups in total. The number of aromatic nitrogens is 1. The molecule has 5 aromatic rings. The zero-order valence-electron chi connectivity index (χ0n) is 31.4. The molecule has 290 valence electrons. The molecule has 2 heterocycles. The van der Waals surface area contributed by atoms with Crippen molar-refractivity contribution in [2.45, 2.75) is 79.9 Å². The van der Waals surface area contributed by atoms with E-state index in [4.69, 9.17) is 0 Å². The van der Waals surface area contributed by atoms with Crippen LogP contribution in [-0.4, -0.2) is 67.9 Å². The Hall–Kier alpha value is -4.91. The fourth-order valence-electron chi connectivity index (χ4n) is 7.47. The predicted molar refractivity (Wildman–Crippen MR) is 216 cm³/mol. The second-order valence-electron chi connectivity index (χ2n) is 15.1. The van der Waals surface area contributed by atoms with Gasteiger partial charge in [-0.3, -0.25) is 14.4 Å². The lowest BCUT2D eigenvalue weighted by atomic mass is 9.84. The van der Waals surface area contributed by atoms with Gasteiger partial charge in [-0.1, -0.05) is 103 Å². The molecular weight excluding hydrogens is 751 g/mol. The third-order valence-corrected chi connectivity index (χ3v) is 13.4. The minimum absolute atomic E-state index is 0.0219. The Labute approximate surface area is 333 Å². The second-order valence-corrected chi connectivity index (χ2v) is 17.8. The van der Waals surface area contributed by atoms with E-state index in [2.05, 4.69) is 15.6 Å². The minimum atomic E-state index is -2.08. The quantitative estimate of drug-likeness (QED) is 0.108. The number of hydrogen-bond donors (Lipinski definition) is 3. The third-order valence-electron chi connectivity index (χ3n) is 10.6. The van der Waals surface area contributed by atoms with E-state index in [0.717, 1.165) is 27.3 Å². The lowest BCUT2D eigenvalue weighted by Crippen LogP contribution is -2.61. The topological polar surface area (TPSA) is 112 Å². The van der Waals surface area contributed by atoms with E-state index in [0.29, 0.717) is 11.1 Å². The summed E-state index contributed by atoms with van der Waals surface area (Å²) in [5.74, 6) is -2.48. The molecule has 4 aromatic carbocycles. The number of hydrogen-bond acceptors (Lipinski definition) is 7. The first-order valence-corrected chi connectivity index (χ1v) is 20.3. The number of aliphatic hydroxyl groups is 1. The Morgan fingerprint density at radius 3 is 2.02 bits per heavy atom. The van der Waals surface area contributed by atoms with Gasteiger partial charge < -0.3 is 20.6 Å². The van der Waals surface area contributed by atoms with Crippen molar-refractivity contribution >= 4 is 40.8 Å². The molecule has 1 saturated carbocycles. The Morgan fingerprint density at radius 1 is 0.946 bits per heavy atom. The molecule has 1 aromatic heterocycles. The molecule has 1 saturated heterocycles. The molecule has 2 aliphatic rings. The van der Waals surface area contributed by atoms with Crippen molar-refractivity contribution in [2.24, 2.45) is 0 Å². The zero-order valence-corrected chi connectivity index (χ0v) is 33.0. The van der Waals surface area contributed by atoms with E-state index in [-0.39, 0.29) is 32.4 Å². The molecule has 1 aliphatic carbocycles. The summed E-state index contributed by atoms with van der Waals surface area (Å²) >= 11 is 2.80. The monoisotopic (exact) mass is 794 g/mol. The number of β-amino-alcohol motifs (C(OH)–C–C–N with tert-alkyl or cyclic N) is 1. The molecule has 12 heteroatoms. The summed E-state index contributed by atoms with van der Waals surface area (Å²) in [6.45, 7) is 5.31.